The number of fused-ring (bicyclic) bond motifs is 2. The van der Waals surface area contributed by atoms with E-state index in [4.69, 9.17) is 5.73 Å². The van der Waals surface area contributed by atoms with E-state index in [1.165, 1.54) is 0 Å². The number of aryl methyl sites for hydroxylation is 1. The minimum atomic E-state index is -0.154. The smallest absolute Gasteiger partial charge is 0.330 e. The minimum Gasteiger partial charge on any atom is -0.359 e. The Kier molecular flexibility index (Phi) is 3.91. The van der Waals surface area contributed by atoms with Crippen LogP contribution >= 0.6 is 0 Å². The van der Waals surface area contributed by atoms with E-state index in [1.807, 2.05) is 42.6 Å². The molecule has 0 aliphatic carbocycles. The average Bonchev–Trinajstić information content (AvgIpc) is 3.41. The molecule has 3 aromatic heterocycles. The van der Waals surface area contributed by atoms with E-state index in [1.54, 1.807) is 10.8 Å². The van der Waals surface area contributed by atoms with Gasteiger partial charge < -0.3 is 20.3 Å². The molecule has 0 saturated heterocycles. The van der Waals surface area contributed by atoms with Crippen LogP contribution in [0.4, 0.5) is 0 Å². The molecule has 0 aliphatic heterocycles. The molecular formula is C22H21N5O. The minimum absolute atomic E-state index is 0.154. The summed E-state index contributed by atoms with van der Waals surface area (Å²) in [7, 11) is 0. The summed E-state index contributed by atoms with van der Waals surface area (Å²) in [4.78, 5) is 18.9. The molecule has 6 nitrogen and oxygen atoms in total. The average molecular weight is 371 g/mol. The largest absolute Gasteiger partial charge is 0.359 e. The van der Waals surface area contributed by atoms with E-state index in [0.29, 0.717) is 6.54 Å². The molecule has 0 saturated carbocycles. The Morgan fingerprint density at radius 1 is 0.929 bits per heavy atom. The fourth-order valence-electron chi connectivity index (χ4n) is 3.94. The van der Waals surface area contributed by atoms with E-state index >= 15 is 0 Å². The number of nitrogens with one attached hydrogen (secondary N) is 2. The van der Waals surface area contributed by atoms with E-state index in [2.05, 4.69) is 32.9 Å². The Bertz CT molecular complexity index is 1330. The zero-order valence-corrected chi connectivity index (χ0v) is 15.4. The second kappa shape index (κ2) is 6.58. The van der Waals surface area contributed by atoms with Crippen LogP contribution in [0.3, 0.4) is 0 Å². The molecule has 28 heavy (non-hydrogen) atoms. The Balaban J connectivity index is 1.75. The highest BCUT2D eigenvalue weighted by Gasteiger charge is 2.18. The van der Waals surface area contributed by atoms with Crippen molar-refractivity contribution in [2.75, 3.05) is 6.54 Å². The number of hydrogen-bond acceptors (Lipinski definition) is 2. The van der Waals surface area contributed by atoms with Gasteiger partial charge in [-0.15, -0.1) is 0 Å². The number of hydrogen-bond donors (Lipinski definition) is 3. The number of nitrogens with zero attached hydrogens (tertiary/aromatic N) is 2. The van der Waals surface area contributed by atoms with Crippen LogP contribution in [-0.2, 0) is 6.54 Å². The third-order valence-electron chi connectivity index (χ3n) is 5.25. The summed E-state index contributed by atoms with van der Waals surface area (Å²) in [6.07, 6.45) is 6.70. The molecule has 5 aromatic rings. The molecule has 0 aliphatic rings. The van der Waals surface area contributed by atoms with Crippen LogP contribution in [0.2, 0.25) is 0 Å². The van der Waals surface area contributed by atoms with Crippen molar-refractivity contribution in [1.29, 1.82) is 0 Å². The molecule has 0 atom stereocenters. The highest BCUT2D eigenvalue weighted by atomic mass is 16.1. The van der Waals surface area contributed by atoms with Crippen LogP contribution in [0, 0.1) is 0 Å². The molecular weight excluding hydrogens is 350 g/mol. The van der Waals surface area contributed by atoms with Crippen molar-refractivity contribution in [2.45, 2.75) is 13.0 Å². The van der Waals surface area contributed by atoms with Gasteiger partial charge in [-0.2, -0.15) is 0 Å². The van der Waals surface area contributed by atoms with Gasteiger partial charge >= 0.3 is 5.69 Å². The van der Waals surface area contributed by atoms with Crippen molar-refractivity contribution >= 4 is 21.8 Å². The normalized spacial score (nSPS) is 11.6. The summed E-state index contributed by atoms with van der Waals surface area (Å²) < 4.78 is 3.96. The molecule has 0 bridgehead atoms. The molecule has 140 valence electrons. The lowest BCUT2D eigenvalue weighted by Crippen LogP contribution is -2.15. The van der Waals surface area contributed by atoms with Crippen molar-refractivity contribution < 1.29 is 0 Å². The molecule has 0 fully saturated rings. The van der Waals surface area contributed by atoms with Gasteiger partial charge in [0.05, 0.1) is 11.4 Å². The summed E-state index contributed by atoms with van der Waals surface area (Å²) in [6, 6.07) is 16.3. The molecule has 0 unspecified atom stereocenters. The van der Waals surface area contributed by atoms with Gasteiger partial charge in [0, 0.05) is 52.5 Å². The highest BCUT2D eigenvalue weighted by molar-refractivity contribution is 5.96. The van der Waals surface area contributed by atoms with Gasteiger partial charge in [0.25, 0.3) is 0 Å². The van der Waals surface area contributed by atoms with Crippen molar-refractivity contribution in [1.82, 2.24) is 19.1 Å². The lowest BCUT2D eigenvalue weighted by Gasteiger charge is -2.05. The van der Waals surface area contributed by atoms with Crippen molar-refractivity contribution in [2.24, 2.45) is 5.73 Å². The first-order valence-electron chi connectivity index (χ1n) is 9.43. The zero-order valence-electron chi connectivity index (χ0n) is 15.4. The lowest BCUT2D eigenvalue weighted by molar-refractivity contribution is 0.671. The maximum atomic E-state index is 12.7. The summed E-state index contributed by atoms with van der Waals surface area (Å²) >= 11 is 0. The van der Waals surface area contributed by atoms with Crippen molar-refractivity contribution in [3.8, 4) is 16.9 Å². The van der Waals surface area contributed by atoms with Crippen LogP contribution in [-0.4, -0.2) is 25.6 Å². The molecule has 6 heteroatoms. The van der Waals surface area contributed by atoms with Crippen LogP contribution in [0.15, 0.2) is 71.9 Å². The summed E-state index contributed by atoms with van der Waals surface area (Å²) in [5, 5.41) is 2.13. The quantitative estimate of drug-likeness (QED) is 0.441. The van der Waals surface area contributed by atoms with Gasteiger partial charge in [-0.3, -0.25) is 4.57 Å². The monoisotopic (exact) mass is 371 g/mol. The third-order valence-corrected chi connectivity index (χ3v) is 5.25. The highest BCUT2D eigenvalue weighted by Crippen LogP contribution is 2.32. The molecule has 2 aromatic carbocycles. The molecule has 0 spiro atoms. The van der Waals surface area contributed by atoms with Crippen molar-refractivity contribution in [3.63, 3.8) is 0 Å². The molecule has 4 N–H and O–H groups in total. The molecule has 3 heterocycles. The van der Waals surface area contributed by atoms with Crippen LogP contribution < -0.4 is 11.4 Å². The van der Waals surface area contributed by atoms with Crippen LogP contribution in [0.5, 0.6) is 0 Å². The summed E-state index contributed by atoms with van der Waals surface area (Å²) in [5.74, 6) is 0. The van der Waals surface area contributed by atoms with Crippen LogP contribution in [0.25, 0.3) is 38.8 Å². The van der Waals surface area contributed by atoms with Crippen LogP contribution in [0.1, 0.15) is 6.42 Å². The molecule has 5 rings (SSSR count). The number of imidazole rings is 1. The second-order valence-corrected chi connectivity index (χ2v) is 6.93. The summed E-state index contributed by atoms with van der Waals surface area (Å²) in [6.45, 7) is 1.49. The van der Waals surface area contributed by atoms with E-state index in [9.17, 15) is 4.79 Å². The Labute approximate surface area is 161 Å². The van der Waals surface area contributed by atoms with Gasteiger partial charge in [0.2, 0.25) is 0 Å². The number of nitrogens with two attached hydrogens (primary N) is 1. The van der Waals surface area contributed by atoms with Gasteiger partial charge in [-0.25, -0.2) is 4.79 Å². The van der Waals surface area contributed by atoms with Crippen molar-refractivity contribution in [3.05, 3.63) is 77.6 Å². The first kappa shape index (κ1) is 16.6. The predicted molar refractivity (Wildman–Crippen MR) is 113 cm³/mol. The fourth-order valence-corrected chi connectivity index (χ4v) is 3.94. The topological polar surface area (TPSA) is 84.5 Å². The first-order valence-corrected chi connectivity index (χ1v) is 9.43. The summed E-state index contributed by atoms with van der Waals surface area (Å²) in [5.41, 5.74) is 10.4. The van der Waals surface area contributed by atoms with Gasteiger partial charge in [-0.1, -0.05) is 36.4 Å². The number of aromatic amines is 2. The molecule has 0 radical (unpaired) electrons. The second-order valence-electron chi connectivity index (χ2n) is 6.93. The lowest BCUT2D eigenvalue weighted by atomic mass is 10.1. The number of para-hydroxylation sites is 2. The Hall–Kier alpha value is -3.51. The maximum Gasteiger partial charge on any atom is 0.330 e. The number of benzene rings is 2. The first-order chi connectivity index (χ1) is 13.8. The van der Waals surface area contributed by atoms with Gasteiger partial charge in [0.1, 0.15) is 0 Å². The number of rotatable bonds is 5. The fraction of sp³-hybridized carbons (Fsp3) is 0.136. The molecule has 0 amide bonds. The Morgan fingerprint density at radius 2 is 1.71 bits per heavy atom. The van der Waals surface area contributed by atoms with Gasteiger partial charge in [-0.05, 0) is 25.1 Å². The van der Waals surface area contributed by atoms with E-state index in [-0.39, 0.29) is 5.69 Å². The number of H-pyrrole nitrogens is 2. The maximum absolute atomic E-state index is 12.7. The number of aromatic nitrogens is 4. The standard InChI is InChI=1S/C22H21N5O/c23-10-5-11-26-14-17(15-6-2-4-9-19(15)26)21-13-25-22(28)27(21)20-12-24-18-8-3-1-7-16(18)20/h1-4,6-9,12-14,24H,5,10-11,23H2,(H,25,28). The van der Waals surface area contributed by atoms with Gasteiger partial charge in [0.15, 0.2) is 0 Å². The van der Waals surface area contributed by atoms with E-state index < -0.39 is 0 Å². The SMILES string of the molecule is NCCCn1cc(-c2c[nH]c(=O)n2-c2c[nH]c3ccccc23)c2ccccc21. The van der Waals surface area contributed by atoms with E-state index in [0.717, 1.165) is 51.7 Å². The predicted octanol–water partition coefficient (Wildman–Crippen LogP) is 3.62. The Morgan fingerprint density at radius 3 is 2.57 bits per heavy atom. The third kappa shape index (κ3) is 2.50. The zero-order chi connectivity index (χ0) is 19.1.